The maximum atomic E-state index is 10.3. The molecule has 0 fully saturated rings. The quantitative estimate of drug-likeness (QED) is 0.830. The third-order valence-electron chi connectivity index (χ3n) is 2.86. The number of benzene rings is 1. The van der Waals surface area contributed by atoms with E-state index in [2.05, 4.69) is 0 Å². The highest BCUT2D eigenvalue weighted by Crippen LogP contribution is 2.39. The van der Waals surface area contributed by atoms with E-state index in [1.165, 1.54) is 0 Å². The molecule has 1 aliphatic heterocycles. The average molecular weight is 278 g/mol. The van der Waals surface area contributed by atoms with Gasteiger partial charge in [-0.15, -0.1) is 11.8 Å². The first-order valence-electron chi connectivity index (χ1n) is 5.08. The van der Waals surface area contributed by atoms with Crippen molar-refractivity contribution in [2.45, 2.75) is 23.3 Å². The van der Waals surface area contributed by atoms with E-state index in [-0.39, 0.29) is 6.54 Å². The second kappa shape index (κ2) is 4.75. The van der Waals surface area contributed by atoms with Crippen LogP contribution in [0.1, 0.15) is 12.0 Å². The van der Waals surface area contributed by atoms with Gasteiger partial charge in [-0.05, 0) is 24.1 Å². The Morgan fingerprint density at radius 1 is 1.44 bits per heavy atom. The zero-order chi connectivity index (χ0) is 11.8. The Kier molecular flexibility index (Phi) is 3.72. The van der Waals surface area contributed by atoms with Gasteiger partial charge in [0.15, 0.2) is 0 Å². The molecular formula is C11H13Cl2NOS. The van der Waals surface area contributed by atoms with Crippen LogP contribution in [-0.4, -0.2) is 23.0 Å². The summed E-state index contributed by atoms with van der Waals surface area (Å²) >= 11 is 13.8. The summed E-state index contributed by atoms with van der Waals surface area (Å²) in [6, 6.07) is 3.75. The Labute approximate surface area is 109 Å². The lowest BCUT2D eigenvalue weighted by Crippen LogP contribution is -2.40. The van der Waals surface area contributed by atoms with Gasteiger partial charge in [0, 0.05) is 23.6 Å². The Morgan fingerprint density at radius 3 is 2.88 bits per heavy atom. The molecule has 1 heterocycles. The van der Waals surface area contributed by atoms with E-state index in [1.807, 2.05) is 6.07 Å². The van der Waals surface area contributed by atoms with Crippen molar-refractivity contribution in [1.82, 2.24) is 0 Å². The summed E-state index contributed by atoms with van der Waals surface area (Å²) in [5.74, 6) is 0.846. The molecule has 1 aliphatic rings. The van der Waals surface area contributed by atoms with Gasteiger partial charge in [-0.2, -0.15) is 0 Å². The van der Waals surface area contributed by atoms with Crippen LogP contribution in [0.2, 0.25) is 10.0 Å². The molecule has 2 nitrogen and oxygen atoms in total. The molecule has 2 rings (SSSR count). The zero-order valence-electron chi connectivity index (χ0n) is 8.67. The molecule has 0 saturated heterocycles. The minimum atomic E-state index is -0.855. The van der Waals surface area contributed by atoms with E-state index >= 15 is 0 Å². The lowest BCUT2D eigenvalue weighted by Gasteiger charge is -2.24. The summed E-state index contributed by atoms with van der Waals surface area (Å²) in [5.41, 5.74) is 5.68. The van der Waals surface area contributed by atoms with Gasteiger partial charge in [0.2, 0.25) is 0 Å². The Morgan fingerprint density at radius 2 is 2.19 bits per heavy atom. The molecule has 0 bridgehead atoms. The highest BCUT2D eigenvalue weighted by molar-refractivity contribution is 7.99. The fourth-order valence-corrected chi connectivity index (χ4v) is 3.50. The van der Waals surface area contributed by atoms with Gasteiger partial charge < -0.3 is 10.8 Å². The number of halogens is 2. The maximum Gasteiger partial charge on any atom is 0.0818 e. The van der Waals surface area contributed by atoms with Gasteiger partial charge in [0.25, 0.3) is 0 Å². The fourth-order valence-electron chi connectivity index (χ4n) is 1.82. The van der Waals surface area contributed by atoms with Crippen molar-refractivity contribution < 1.29 is 5.11 Å². The summed E-state index contributed by atoms with van der Waals surface area (Å²) in [6.45, 7) is 0.246. The first-order valence-corrected chi connectivity index (χ1v) is 6.82. The van der Waals surface area contributed by atoms with Crippen LogP contribution in [0.4, 0.5) is 0 Å². The molecule has 3 N–H and O–H groups in total. The molecule has 0 aliphatic carbocycles. The summed E-state index contributed by atoms with van der Waals surface area (Å²) in [7, 11) is 0. The van der Waals surface area contributed by atoms with Crippen LogP contribution in [0.3, 0.4) is 0 Å². The van der Waals surface area contributed by atoms with Gasteiger partial charge in [-0.3, -0.25) is 0 Å². The molecule has 5 heteroatoms. The molecule has 0 saturated carbocycles. The minimum Gasteiger partial charge on any atom is -0.388 e. The van der Waals surface area contributed by atoms with Gasteiger partial charge in [0.05, 0.1) is 15.6 Å². The highest BCUT2D eigenvalue weighted by atomic mass is 35.5. The molecule has 0 aromatic heterocycles. The first-order chi connectivity index (χ1) is 7.56. The number of thioether (sulfide) groups is 1. The summed E-state index contributed by atoms with van der Waals surface area (Å²) < 4.78 is 0. The van der Waals surface area contributed by atoms with Crippen LogP contribution in [0.5, 0.6) is 0 Å². The van der Waals surface area contributed by atoms with Crippen molar-refractivity contribution in [3.8, 4) is 0 Å². The molecule has 1 unspecified atom stereocenters. The second-order valence-corrected chi connectivity index (χ2v) is 5.96. The Balaban J connectivity index is 2.45. The largest absolute Gasteiger partial charge is 0.388 e. The van der Waals surface area contributed by atoms with E-state index in [0.29, 0.717) is 22.9 Å². The lowest BCUT2D eigenvalue weighted by atomic mass is 9.92. The van der Waals surface area contributed by atoms with Crippen LogP contribution in [-0.2, 0) is 6.42 Å². The maximum absolute atomic E-state index is 10.3. The number of nitrogens with two attached hydrogens (primary N) is 1. The lowest BCUT2D eigenvalue weighted by molar-refractivity contribution is 0.0471. The smallest absolute Gasteiger partial charge is 0.0818 e. The van der Waals surface area contributed by atoms with Crippen molar-refractivity contribution >= 4 is 35.0 Å². The van der Waals surface area contributed by atoms with Crippen LogP contribution < -0.4 is 5.73 Å². The predicted molar refractivity (Wildman–Crippen MR) is 69.5 cm³/mol. The van der Waals surface area contributed by atoms with E-state index in [4.69, 9.17) is 28.9 Å². The van der Waals surface area contributed by atoms with Crippen molar-refractivity contribution in [3.05, 3.63) is 27.7 Å². The van der Waals surface area contributed by atoms with E-state index in [0.717, 1.165) is 16.2 Å². The molecule has 1 aromatic rings. The molecule has 0 radical (unpaired) electrons. The van der Waals surface area contributed by atoms with Gasteiger partial charge in [0.1, 0.15) is 0 Å². The SMILES string of the molecule is NCC1(O)CCSc2ccc(Cl)c(Cl)c2C1. The van der Waals surface area contributed by atoms with Gasteiger partial charge in [-0.25, -0.2) is 0 Å². The van der Waals surface area contributed by atoms with Crippen LogP contribution in [0, 0.1) is 0 Å². The number of rotatable bonds is 1. The average Bonchev–Trinajstić information content (AvgIpc) is 2.44. The third-order valence-corrected chi connectivity index (χ3v) is 4.81. The number of hydrogen-bond donors (Lipinski definition) is 2. The van der Waals surface area contributed by atoms with Crippen molar-refractivity contribution in [2.75, 3.05) is 12.3 Å². The monoisotopic (exact) mass is 277 g/mol. The van der Waals surface area contributed by atoms with Crippen molar-refractivity contribution in [3.63, 3.8) is 0 Å². The molecular weight excluding hydrogens is 265 g/mol. The third kappa shape index (κ3) is 2.34. The van der Waals surface area contributed by atoms with Gasteiger partial charge in [-0.1, -0.05) is 23.2 Å². The minimum absolute atomic E-state index is 0.246. The van der Waals surface area contributed by atoms with E-state index < -0.39 is 5.60 Å². The molecule has 16 heavy (non-hydrogen) atoms. The molecule has 1 aromatic carbocycles. The van der Waals surface area contributed by atoms with Crippen LogP contribution >= 0.6 is 35.0 Å². The molecule has 88 valence electrons. The highest BCUT2D eigenvalue weighted by Gasteiger charge is 2.30. The van der Waals surface area contributed by atoms with Gasteiger partial charge >= 0.3 is 0 Å². The Hall–Kier alpha value is 0.0700. The standard InChI is InChI=1S/C11H13Cl2NOS/c12-8-1-2-9-7(10(8)13)5-11(15,6-14)3-4-16-9/h1-2,15H,3-6,14H2. The fraction of sp³-hybridized carbons (Fsp3) is 0.455. The summed E-state index contributed by atoms with van der Waals surface area (Å²) in [6.07, 6.45) is 1.15. The molecule has 0 amide bonds. The first kappa shape index (κ1) is 12.5. The number of aliphatic hydroxyl groups is 1. The Bertz CT molecular complexity index is 413. The van der Waals surface area contributed by atoms with Crippen molar-refractivity contribution in [2.24, 2.45) is 5.73 Å². The number of hydrogen-bond acceptors (Lipinski definition) is 3. The topological polar surface area (TPSA) is 46.2 Å². The summed E-state index contributed by atoms with van der Waals surface area (Å²) in [4.78, 5) is 1.10. The number of fused-ring (bicyclic) bond motifs is 1. The predicted octanol–water partition coefficient (Wildman–Crippen LogP) is 2.72. The summed E-state index contributed by atoms with van der Waals surface area (Å²) in [5, 5.41) is 11.4. The van der Waals surface area contributed by atoms with Crippen LogP contribution in [0.25, 0.3) is 0 Å². The van der Waals surface area contributed by atoms with E-state index in [1.54, 1.807) is 17.8 Å². The van der Waals surface area contributed by atoms with Crippen molar-refractivity contribution in [1.29, 1.82) is 0 Å². The zero-order valence-corrected chi connectivity index (χ0v) is 11.0. The molecule has 1 atom stereocenters. The van der Waals surface area contributed by atoms with Crippen LogP contribution in [0.15, 0.2) is 17.0 Å². The van der Waals surface area contributed by atoms with E-state index in [9.17, 15) is 5.11 Å². The normalized spacial score (nSPS) is 25.0. The second-order valence-electron chi connectivity index (χ2n) is 4.04. The molecule has 0 spiro atoms.